The Hall–Kier alpha value is -4.75. The second kappa shape index (κ2) is 9.17. The lowest BCUT2D eigenvalue weighted by Crippen LogP contribution is -1.89. The number of thiophene rings is 2. The lowest BCUT2D eigenvalue weighted by atomic mass is 9.89. The van der Waals surface area contributed by atoms with Crippen molar-refractivity contribution >= 4 is 63.0 Å². The normalized spacial score (nSPS) is 11.5. The lowest BCUT2D eigenvalue weighted by Gasteiger charge is -2.14. The standard InChI is InChI=1S/C37H21NS2/c38-22-23-7-5-8-24(19-23)32-20-25(28-11-6-14-35-37(28)31-10-2-4-13-34(31)39-35)15-17-27(32)26-16-18-30-29-9-1-3-12-33(29)40-36(30)21-26/h1-21H. The summed E-state index contributed by atoms with van der Waals surface area (Å²) in [7, 11) is 0. The molecule has 1 nitrogen and oxygen atoms in total. The first-order valence-electron chi connectivity index (χ1n) is 13.2. The maximum Gasteiger partial charge on any atom is 0.0991 e. The fraction of sp³-hybridized carbons (Fsp3) is 0. The zero-order valence-electron chi connectivity index (χ0n) is 21.4. The van der Waals surface area contributed by atoms with E-state index in [9.17, 15) is 5.26 Å². The predicted octanol–water partition coefficient (Wildman–Crippen LogP) is 11.3. The molecule has 0 bridgehead atoms. The Morgan fingerprint density at radius 2 is 1.07 bits per heavy atom. The minimum absolute atomic E-state index is 0.666. The highest BCUT2D eigenvalue weighted by Gasteiger charge is 2.15. The van der Waals surface area contributed by atoms with E-state index >= 15 is 0 Å². The van der Waals surface area contributed by atoms with Crippen molar-refractivity contribution < 1.29 is 0 Å². The summed E-state index contributed by atoms with van der Waals surface area (Å²) >= 11 is 3.68. The number of nitriles is 1. The first-order valence-corrected chi connectivity index (χ1v) is 14.9. The van der Waals surface area contributed by atoms with Gasteiger partial charge in [0.15, 0.2) is 0 Å². The van der Waals surface area contributed by atoms with Crippen LogP contribution in [0.3, 0.4) is 0 Å². The molecular formula is C37H21NS2. The van der Waals surface area contributed by atoms with Crippen molar-refractivity contribution in [3.63, 3.8) is 0 Å². The van der Waals surface area contributed by atoms with E-state index in [1.807, 2.05) is 40.9 Å². The third kappa shape index (κ3) is 3.66. The second-order valence-electron chi connectivity index (χ2n) is 10.0. The highest BCUT2D eigenvalue weighted by Crippen LogP contribution is 2.43. The Morgan fingerprint density at radius 1 is 0.425 bits per heavy atom. The molecule has 0 saturated carbocycles. The van der Waals surface area contributed by atoms with E-state index in [-0.39, 0.29) is 0 Å². The van der Waals surface area contributed by atoms with Crippen LogP contribution in [0.5, 0.6) is 0 Å². The molecule has 0 unspecified atom stereocenters. The molecule has 0 N–H and O–H groups in total. The summed E-state index contributed by atoms with van der Waals surface area (Å²) in [5.41, 5.74) is 7.61. The molecule has 0 aliphatic carbocycles. The van der Waals surface area contributed by atoms with Crippen LogP contribution in [-0.2, 0) is 0 Å². The highest BCUT2D eigenvalue weighted by atomic mass is 32.1. The van der Waals surface area contributed by atoms with E-state index in [2.05, 4.69) is 115 Å². The number of hydrogen-bond donors (Lipinski definition) is 0. The van der Waals surface area contributed by atoms with Crippen molar-refractivity contribution in [2.45, 2.75) is 0 Å². The molecule has 0 aliphatic heterocycles. The van der Waals surface area contributed by atoms with Crippen LogP contribution in [0.1, 0.15) is 5.56 Å². The molecule has 186 valence electrons. The van der Waals surface area contributed by atoms with Crippen LogP contribution in [0.15, 0.2) is 127 Å². The van der Waals surface area contributed by atoms with Crippen LogP contribution in [0.2, 0.25) is 0 Å². The van der Waals surface area contributed by atoms with Crippen LogP contribution in [0.4, 0.5) is 0 Å². The maximum atomic E-state index is 9.66. The van der Waals surface area contributed by atoms with Gasteiger partial charge < -0.3 is 0 Å². The molecule has 0 spiro atoms. The van der Waals surface area contributed by atoms with Gasteiger partial charge in [0, 0.05) is 40.3 Å². The monoisotopic (exact) mass is 543 g/mol. The van der Waals surface area contributed by atoms with Crippen molar-refractivity contribution in [3.8, 4) is 39.4 Å². The van der Waals surface area contributed by atoms with Crippen LogP contribution in [0, 0.1) is 11.3 Å². The van der Waals surface area contributed by atoms with Crippen molar-refractivity contribution in [3.05, 3.63) is 133 Å². The summed E-state index contributed by atoms with van der Waals surface area (Å²) in [6.07, 6.45) is 0. The van der Waals surface area contributed by atoms with E-state index in [1.165, 1.54) is 62.6 Å². The Morgan fingerprint density at radius 3 is 1.95 bits per heavy atom. The first kappa shape index (κ1) is 23.2. The zero-order valence-corrected chi connectivity index (χ0v) is 23.0. The predicted molar refractivity (Wildman–Crippen MR) is 173 cm³/mol. The van der Waals surface area contributed by atoms with Gasteiger partial charge in [-0.1, -0.05) is 84.9 Å². The molecule has 0 atom stereocenters. The molecule has 0 aliphatic rings. The molecule has 3 heteroatoms. The van der Waals surface area contributed by atoms with E-state index in [1.54, 1.807) is 0 Å². The summed E-state index contributed by atoms with van der Waals surface area (Å²) in [4.78, 5) is 0. The molecular weight excluding hydrogens is 523 g/mol. The van der Waals surface area contributed by atoms with Crippen molar-refractivity contribution in [1.29, 1.82) is 5.26 Å². The Kier molecular flexibility index (Phi) is 5.31. The number of fused-ring (bicyclic) bond motifs is 6. The number of hydrogen-bond acceptors (Lipinski definition) is 3. The third-order valence-corrected chi connectivity index (χ3v) is 10.00. The fourth-order valence-electron chi connectivity index (χ4n) is 5.87. The molecule has 0 fully saturated rings. The number of benzene rings is 6. The molecule has 0 amide bonds. The summed E-state index contributed by atoms with van der Waals surface area (Å²) in [5, 5.41) is 14.9. The minimum atomic E-state index is 0.666. The largest absolute Gasteiger partial charge is 0.192 e. The van der Waals surface area contributed by atoms with Crippen molar-refractivity contribution in [2.75, 3.05) is 0 Å². The molecule has 6 aromatic carbocycles. The van der Waals surface area contributed by atoms with E-state index in [4.69, 9.17) is 0 Å². The van der Waals surface area contributed by atoms with Gasteiger partial charge in [-0.2, -0.15) is 5.26 Å². The molecule has 0 radical (unpaired) electrons. The smallest absolute Gasteiger partial charge is 0.0991 e. The highest BCUT2D eigenvalue weighted by molar-refractivity contribution is 7.26. The fourth-order valence-corrected chi connectivity index (χ4v) is 8.14. The van der Waals surface area contributed by atoms with E-state index in [0.29, 0.717) is 5.56 Å². The molecule has 0 saturated heterocycles. The molecule has 40 heavy (non-hydrogen) atoms. The van der Waals surface area contributed by atoms with Gasteiger partial charge in [-0.15, -0.1) is 22.7 Å². The van der Waals surface area contributed by atoms with Crippen LogP contribution in [0.25, 0.3) is 73.7 Å². The lowest BCUT2D eigenvalue weighted by molar-refractivity contribution is 1.48. The topological polar surface area (TPSA) is 23.8 Å². The van der Waals surface area contributed by atoms with Gasteiger partial charge in [-0.05, 0) is 75.8 Å². The van der Waals surface area contributed by atoms with Crippen molar-refractivity contribution in [1.82, 2.24) is 0 Å². The molecule has 2 heterocycles. The van der Waals surface area contributed by atoms with Gasteiger partial charge >= 0.3 is 0 Å². The summed E-state index contributed by atoms with van der Waals surface area (Å²) in [5.74, 6) is 0. The quantitative estimate of drug-likeness (QED) is 0.217. The minimum Gasteiger partial charge on any atom is -0.192 e. The second-order valence-corrected chi connectivity index (χ2v) is 12.2. The zero-order chi connectivity index (χ0) is 26.6. The Bertz CT molecular complexity index is 2290. The first-order chi connectivity index (χ1) is 19.8. The number of nitrogens with zero attached hydrogens (tertiary/aromatic N) is 1. The van der Waals surface area contributed by atoms with E-state index < -0.39 is 0 Å². The molecule has 8 rings (SSSR count). The summed E-state index contributed by atoms with van der Waals surface area (Å²) in [6, 6.07) is 47.8. The average molecular weight is 544 g/mol. The van der Waals surface area contributed by atoms with Crippen LogP contribution >= 0.6 is 22.7 Å². The van der Waals surface area contributed by atoms with Gasteiger partial charge in [0.1, 0.15) is 0 Å². The average Bonchev–Trinajstić information content (AvgIpc) is 3.58. The SMILES string of the molecule is N#Cc1cccc(-c2cc(-c3cccc4sc5ccccc5c34)ccc2-c2ccc3c(c2)sc2ccccc23)c1. The maximum absolute atomic E-state index is 9.66. The summed E-state index contributed by atoms with van der Waals surface area (Å²) in [6.45, 7) is 0. The van der Waals surface area contributed by atoms with Gasteiger partial charge in [-0.25, -0.2) is 0 Å². The Labute approximate surface area is 239 Å². The number of rotatable bonds is 3. The van der Waals surface area contributed by atoms with Crippen LogP contribution < -0.4 is 0 Å². The van der Waals surface area contributed by atoms with Gasteiger partial charge in [0.25, 0.3) is 0 Å². The van der Waals surface area contributed by atoms with Gasteiger partial charge in [0.2, 0.25) is 0 Å². The summed E-state index contributed by atoms with van der Waals surface area (Å²) < 4.78 is 5.20. The van der Waals surface area contributed by atoms with E-state index in [0.717, 1.165) is 11.1 Å². The Balaban J connectivity index is 1.38. The molecule has 2 aromatic heterocycles. The van der Waals surface area contributed by atoms with Crippen molar-refractivity contribution in [2.24, 2.45) is 0 Å². The van der Waals surface area contributed by atoms with Gasteiger partial charge in [-0.3, -0.25) is 0 Å². The van der Waals surface area contributed by atoms with Crippen LogP contribution in [-0.4, -0.2) is 0 Å². The molecule has 8 aromatic rings. The van der Waals surface area contributed by atoms with Gasteiger partial charge in [0.05, 0.1) is 11.6 Å². The third-order valence-electron chi connectivity index (χ3n) is 7.73.